The molecular weight excluding hydrogens is 212 g/mol. The molecule has 0 rings (SSSR count). The van der Waals surface area contributed by atoms with Gasteiger partial charge in [-0.3, -0.25) is 0 Å². The maximum absolute atomic E-state index is 5.67. The zero-order valence-corrected chi connectivity index (χ0v) is 11.5. The summed E-state index contributed by atoms with van der Waals surface area (Å²) in [5.41, 5.74) is 0. The minimum Gasteiger partial charge on any atom is -0.375 e. The monoisotopic (exact) mass is 236 g/mol. The van der Waals surface area contributed by atoms with Gasteiger partial charge in [0.05, 0.1) is 6.10 Å². The highest BCUT2D eigenvalue weighted by Gasteiger charge is 2.38. The Morgan fingerprint density at radius 3 is 2.00 bits per heavy atom. The lowest BCUT2D eigenvalue weighted by Crippen LogP contribution is -2.48. The van der Waals surface area contributed by atoms with E-state index in [1.54, 1.807) is 21.3 Å². The Kier molecular flexibility index (Phi) is 8.27. The molecule has 0 bridgehead atoms. The molecule has 0 aliphatic carbocycles. The third-order valence-electron chi connectivity index (χ3n) is 2.44. The predicted molar refractivity (Wildman–Crippen MR) is 61.7 cm³/mol. The summed E-state index contributed by atoms with van der Waals surface area (Å²) in [4.78, 5) is 0. The standard InChI is InChI=1S/C10H24O4Si/c1-6-7-8-10(2)14-9-15(11-3,12-4)13-5/h10H,6-9H2,1-5H3. The van der Waals surface area contributed by atoms with Crippen LogP contribution in [-0.4, -0.2) is 42.5 Å². The van der Waals surface area contributed by atoms with Gasteiger partial charge in [0.15, 0.2) is 0 Å². The molecule has 0 saturated carbocycles. The summed E-state index contributed by atoms with van der Waals surface area (Å²) in [6.45, 7) is 4.24. The van der Waals surface area contributed by atoms with E-state index in [0.29, 0.717) is 6.23 Å². The van der Waals surface area contributed by atoms with Crippen molar-refractivity contribution >= 4 is 8.80 Å². The van der Waals surface area contributed by atoms with Crippen molar-refractivity contribution in [3.63, 3.8) is 0 Å². The first kappa shape index (κ1) is 15.1. The molecule has 0 aliphatic rings. The van der Waals surface area contributed by atoms with Gasteiger partial charge in [-0.1, -0.05) is 19.8 Å². The molecule has 1 atom stereocenters. The number of unbranched alkanes of at least 4 members (excludes halogenated alkanes) is 1. The van der Waals surface area contributed by atoms with Gasteiger partial charge in [0, 0.05) is 21.3 Å². The van der Waals surface area contributed by atoms with Crippen molar-refractivity contribution in [3.8, 4) is 0 Å². The third-order valence-corrected chi connectivity index (χ3v) is 4.83. The van der Waals surface area contributed by atoms with Crippen molar-refractivity contribution in [2.75, 3.05) is 27.6 Å². The van der Waals surface area contributed by atoms with Crippen molar-refractivity contribution in [1.82, 2.24) is 0 Å². The highest BCUT2D eigenvalue weighted by Crippen LogP contribution is 2.10. The second kappa shape index (κ2) is 8.24. The van der Waals surface area contributed by atoms with Crippen molar-refractivity contribution in [3.05, 3.63) is 0 Å². The molecule has 0 aromatic carbocycles. The number of hydrogen-bond donors (Lipinski definition) is 0. The second-order valence-electron chi connectivity index (χ2n) is 3.56. The summed E-state index contributed by atoms with van der Waals surface area (Å²) in [5.74, 6) is 0. The van der Waals surface area contributed by atoms with E-state index in [9.17, 15) is 0 Å². The second-order valence-corrected chi connectivity index (χ2v) is 6.44. The van der Waals surface area contributed by atoms with Crippen LogP contribution in [0.5, 0.6) is 0 Å². The lowest BCUT2D eigenvalue weighted by molar-refractivity contribution is 0.0284. The SMILES string of the molecule is CCCCC(C)OC[Si](OC)(OC)OC. The normalized spacial score (nSPS) is 14.2. The first-order valence-electron chi connectivity index (χ1n) is 5.41. The average molecular weight is 236 g/mol. The number of ether oxygens (including phenoxy) is 1. The minimum absolute atomic E-state index is 0.234. The maximum atomic E-state index is 5.67. The maximum Gasteiger partial charge on any atom is 0.527 e. The van der Waals surface area contributed by atoms with Crippen molar-refractivity contribution < 1.29 is 18.0 Å². The highest BCUT2D eigenvalue weighted by molar-refractivity contribution is 6.60. The molecule has 5 heteroatoms. The molecule has 0 aromatic heterocycles. The van der Waals surface area contributed by atoms with Crippen LogP contribution in [0.15, 0.2) is 0 Å². The van der Waals surface area contributed by atoms with Gasteiger partial charge in [-0.25, -0.2) is 0 Å². The molecule has 92 valence electrons. The Labute approximate surface area is 94.2 Å². The van der Waals surface area contributed by atoms with Crippen LogP contribution < -0.4 is 0 Å². The van der Waals surface area contributed by atoms with Gasteiger partial charge >= 0.3 is 8.80 Å². The van der Waals surface area contributed by atoms with Gasteiger partial charge in [-0.05, 0) is 13.3 Å². The quantitative estimate of drug-likeness (QED) is 0.574. The number of rotatable bonds is 9. The first-order chi connectivity index (χ1) is 7.14. The molecule has 0 heterocycles. The predicted octanol–water partition coefficient (Wildman–Crippen LogP) is 2.00. The fourth-order valence-corrected chi connectivity index (χ4v) is 2.59. The summed E-state index contributed by atoms with van der Waals surface area (Å²) in [7, 11) is 2.25. The largest absolute Gasteiger partial charge is 0.527 e. The Morgan fingerprint density at radius 1 is 1.07 bits per heavy atom. The molecule has 0 spiro atoms. The molecule has 0 radical (unpaired) electrons. The molecule has 0 fully saturated rings. The highest BCUT2D eigenvalue weighted by atomic mass is 28.4. The first-order valence-corrected chi connectivity index (χ1v) is 7.34. The summed E-state index contributed by atoms with van der Waals surface area (Å²) in [5, 5.41) is 0. The van der Waals surface area contributed by atoms with E-state index in [1.807, 2.05) is 0 Å². The van der Waals surface area contributed by atoms with Crippen LogP contribution in [0.4, 0.5) is 0 Å². The molecule has 0 saturated heterocycles. The van der Waals surface area contributed by atoms with Gasteiger partial charge in [-0.2, -0.15) is 0 Å². The number of hydrogen-bond acceptors (Lipinski definition) is 4. The molecule has 4 nitrogen and oxygen atoms in total. The zero-order chi connectivity index (χ0) is 11.7. The van der Waals surface area contributed by atoms with E-state index in [-0.39, 0.29) is 6.10 Å². The van der Waals surface area contributed by atoms with Crippen LogP contribution in [0.25, 0.3) is 0 Å². The van der Waals surface area contributed by atoms with E-state index >= 15 is 0 Å². The Balaban J connectivity index is 3.88. The topological polar surface area (TPSA) is 36.9 Å². The zero-order valence-electron chi connectivity index (χ0n) is 10.5. The lowest BCUT2D eigenvalue weighted by Gasteiger charge is -2.25. The third kappa shape index (κ3) is 5.63. The lowest BCUT2D eigenvalue weighted by atomic mass is 10.2. The average Bonchev–Trinajstić information content (AvgIpc) is 2.29. The van der Waals surface area contributed by atoms with Gasteiger partial charge < -0.3 is 18.0 Å². The van der Waals surface area contributed by atoms with E-state index in [1.165, 1.54) is 12.8 Å². The van der Waals surface area contributed by atoms with E-state index in [4.69, 9.17) is 18.0 Å². The summed E-state index contributed by atoms with van der Waals surface area (Å²) >= 11 is 0. The van der Waals surface area contributed by atoms with Gasteiger partial charge in [-0.15, -0.1) is 0 Å². The van der Waals surface area contributed by atoms with Crippen LogP contribution in [0.1, 0.15) is 33.1 Å². The van der Waals surface area contributed by atoms with Crippen molar-refractivity contribution in [2.45, 2.75) is 39.2 Å². The summed E-state index contributed by atoms with van der Waals surface area (Å²) in [6.07, 6.45) is 4.09. The van der Waals surface area contributed by atoms with Crippen molar-refractivity contribution in [2.24, 2.45) is 0 Å². The molecule has 1 unspecified atom stereocenters. The van der Waals surface area contributed by atoms with E-state index in [0.717, 1.165) is 6.42 Å². The fourth-order valence-electron chi connectivity index (χ4n) is 1.25. The van der Waals surface area contributed by atoms with Crippen LogP contribution >= 0.6 is 0 Å². The smallest absolute Gasteiger partial charge is 0.375 e. The van der Waals surface area contributed by atoms with Crippen molar-refractivity contribution in [1.29, 1.82) is 0 Å². The van der Waals surface area contributed by atoms with Gasteiger partial charge in [0.25, 0.3) is 0 Å². The Bertz CT molecular complexity index is 142. The Hall–Kier alpha value is 0.0569. The molecular formula is C10H24O4Si. The molecule has 0 aromatic rings. The Morgan fingerprint density at radius 2 is 1.60 bits per heavy atom. The molecule has 0 amide bonds. The van der Waals surface area contributed by atoms with Gasteiger partial charge in [0.2, 0.25) is 0 Å². The molecule has 0 N–H and O–H groups in total. The van der Waals surface area contributed by atoms with E-state index in [2.05, 4.69) is 13.8 Å². The van der Waals surface area contributed by atoms with Crippen LogP contribution in [0, 0.1) is 0 Å². The van der Waals surface area contributed by atoms with Crippen LogP contribution in [0.2, 0.25) is 0 Å². The van der Waals surface area contributed by atoms with Crippen LogP contribution in [-0.2, 0) is 18.0 Å². The fraction of sp³-hybridized carbons (Fsp3) is 1.00. The molecule has 15 heavy (non-hydrogen) atoms. The summed E-state index contributed by atoms with van der Waals surface area (Å²) in [6, 6.07) is 0. The minimum atomic E-state index is -2.54. The van der Waals surface area contributed by atoms with E-state index < -0.39 is 8.80 Å². The van der Waals surface area contributed by atoms with Crippen LogP contribution in [0.3, 0.4) is 0 Å². The van der Waals surface area contributed by atoms with Gasteiger partial charge in [0.1, 0.15) is 6.23 Å². The summed E-state index contributed by atoms with van der Waals surface area (Å²) < 4.78 is 21.5. The molecule has 0 aliphatic heterocycles.